The largest absolute Gasteiger partial charge is 0.484 e. The summed E-state index contributed by atoms with van der Waals surface area (Å²) in [4.78, 5) is 38.1. The maximum absolute atomic E-state index is 12.7. The van der Waals surface area contributed by atoms with E-state index in [0.717, 1.165) is 12.0 Å². The lowest BCUT2D eigenvalue weighted by Gasteiger charge is -2.20. The van der Waals surface area contributed by atoms with Crippen molar-refractivity contribution in [2.45, 2.75) is 38.5 Å². The second-order valence-corrected chi connectivity index (χ2v) is 9.14. The number of rotatable bonds is 5. The first-order valence-corrected chi connectivity index (χ1v) is 10.8. The Balaban J connectivity index is 1.38. The number of aromatic amines is 1. The van der Waals surface area contributed by atoms with Crippen LogP contribution in [0.1, 0.15) is 44.4 Å². The standard InChI is InChI=1S/C25H28N4O3/c1-25(2,3)19-4-6-20(7-5-19)32-16-23(31)29-13-10-18(15-29)21-14-22(30)28-24(27-21)17-8-11-26-12-9-17/h4-9,11-12,14,18H,10,13,15-16H2,1-3H3,(H,27,28,30)/t18-/m0/s1. The summed E-state index contributed by atoms with van der Waals surface area (Å²) in [5, 5.41) is 0. The van der Waals surface area contributed by atoms with Crippen LogP contribution in [0.25, 0.3) is 11.4 Å². The van der Waals surface area contributed by atoms with Gasteiger partial charge in [0.1, 0.15) is 11.6 Å². The fourth-order valence-corrected chi connectivity index (χ4v) is 3.85. The number of pyridine rings is 1. The first-order valence-electron chi connectivity index (χ1n) is 10.8. The molecule has 0 spiro atoms. The number of hydrogen-bond acceptors (Lipinski definition) is 5. The molecule has 0 saturated carbocycles. The molecular formula is C25H28N4O3. The molecule has 4 rings (SSSR count). The number of nitrogens with one attached hydrogen (secondary N) is 1. The number of amides is 1. The number of carbonyl (C=O) groups is 1. The summed E-state index contributed by atoms with van der Waals surface area (Å²) in [6.07, 6.45) is 4.08. The Morgan fingerprint density at radius 1 is 1.16 bits per heavy atom. The van der Waals surface area contributed by atoms with E-state index in [1.54, 1.807) is 29.4 Å². The molecule has 7 nitrogen and oxygen atoms in total. The molecule has 2 aromatic heterocycles. The molecule has 1 aromatic carbocycles. The van der Waals surface area contributed by atoms with Crippen LogP contribution in [0.3, 0.4) is 0 Å². The van der Waals surface area contributed by atoms with E-state index in [9.17, 15) is 9.59 Å². The van der Waals surface area contributed by atoms with Crippen LogP contribution in [0, 0.1) is 0 Å². The first kappa shape index (κ1) is 21.7. The monoisotopic (exact) mass is 432 g/mol. The molecule has 1 saturated heterocycles. The molecule has 1 fully saturated rings. The predicted octanol–water partition coefficient (Wildman–Crippen LogP) is 3.52. The van der Waals surface area contributed by atoms with Crippen molar-refractivity contribution in [3.8, 4) is 17.1 Å². The van der Waals surface area contributed by atoms with Gasteiger partial charge >= 0.3 is 0 Å². The third-order valence-corrected chi connectivity index (χ3v) is 5.76. The molecule has 3 aromatic rings. The Hall–Kier alpha value is -3.48. The minimum absolute atomic E-state index is 0.00729. The third-order valence-electron chi connectivity index (χ3n) is 5.76. The van der Waals surface area contributed by atoms with Gasteiger partial charge in [-0.05, 0) is 41.7 Å². The van der Waals surface area contributed by atoms with E-state index >= 15 is 0 Å². The quantitative estimate of drug-likeness (QED) is 0.666. The van der Waals surface area contributed by atoms with Gasteiger partial charge in [-0.15, -0.1) is 0 Å². The maximum atomic E-state index is 12.7. The molecule has 1 atom stereocenters. The summed E-state index contributed by atoms with van der Waals surface area (Å²) in [6.45, 7) is 7.61. The van der Waals surface area contributed by atoms with Gasteiger partial charge in [-0.25, -0.2) is 4.98 Å². The Labute approximate surface area is 187 Å². The third kappa shape index (κ3) is 5.04. The number of carbonyl (C=O) groups excluding carboxylic acids is 1. The van der Waals surface area contributed by atoms with E-state index in [1.807, 2.05) is 24.3 Å². The number of benzene rings is 1. The summed E-state index contributed by atoms with van der Waals surface area (Å²) >= 11 is 0. The van der Waals surface area contributed by atoms with Crippen molar-refractivity contribution >= 4 is 5.91 Å². The van der Waals surface area contributed by atoms with E-state index in [1.165, 1.54) is 11.6 Å². The van der Waals surface area contributed by atoms with Crippen molar-refractivity contribution in [2.24, 2.45) is 0 Å². The van der Waals surface area contributed by atoms with Gasteiger partial charge in [0.15, 0.2) is 6.61 Å². The molecule has 166 valence electrons. The maximum Gasteiger partial charge on any atom is 0.260 e. The molecule has 1 N–H and O–H groups in total. The molecule has 0 bridgehead atoms. The average molecular weight is 433 g/mol. The number of likely N-dealkylation sites (tertiary alicyclic amines) is 1. The van der Waals surface area contributed by atoms with Crippen LogP contribution < -0.4 is 10.3 Å². The van der Waals surface area contributed by atoms with Crippen LogP contribution in [0.2, 0.25) is 0 Å². The van der Waals surface area contributed by atoms with Gasteiger partial charge in [-0.1, -0.05) is 32.9 Å². The molecule has 1 aliphatic rings. The Bertz CT molecular complexity index is 1130. The molecule has 0 radical (unpaired) electrons. The van der Waals surface area contributed by atoms with Crippen molar-refractivity contribution in [1.29, 1.82) is 0 Å². The van der Waals surface area contributed by atoms with Crippen LogP contribution in [0.15, 0.2) is 59.7 Å². The molecule has 0 aliphatic carbocycles. The van der Waals surface area contributed by atoms with Crippen molar-refractivity contribution < 1.29 is 9.53 Å². The van der Waals surface area contributed by atoms with Crippen LogP contribution in [0.5, 0.6) is 5.75 Å². The summed E-state index contributed by atoms with van der Waals surface area (Å²) in [7, 11) is 0. The predicted molar refractivity (Wildman–Crippen MR) is 123 cm³/mol. The number of ether oxygens (including phenoxy) is 1. The lowest BCUT2D eigenvalue weighted by Crippen LogP contribution is -2.33. The molecule has 1 aliphatic heterocycles. The number of hydrogen-bond donors (Lipinski definition) is 1. The number of H-pyrrole nitrogens is 1. The highest BCUT2D eigenvalue weighted by atomic mass is 16.5. The minimum Gasteiger partial charge on any atom is -0.484 e. The number of aromatic nitrogens is 3. The SMILES string of the molecule is CC(C)(C)c1ccc(OCC(=O)N2CC[C@H](c3cc(=O)[nH]c(-c4ccncc4)n3)C2)cc1. The average Bonchev–Trinajstić information content (AvgIpc) is 3.28. The Morgan fingerprint density at radius 2 is 1.88 bits per heavy atom. The van der Waals surface area contributed by atoms with Crippen LogP contribution in [-0.4, -0.2) is 45.5 Å². The van der Waals surface area contributed by atoms with E-state index in [-0.39, 0.29) is 29.4 Å². The van der Waals surface area contributed by atoms with Crippen molar-refractivity contribution in [3.05, 3.63) is 76.5 Å². The summed E-state index contributed by atoms with van der Waals surface area (Å²) in [6, 6.07) is 13.0. The molecule has 32 heavy (non-hydrogen) atoms. The van der Waals surface area contributed by atoms with E-state index in [2.05, 4.69) is 35.7 Å². The van der Waals surface area contributed by atoms with Gasteiger partial charge in [0.05, 0.1) is 5.69 Å². The first-order chi connectivity index (χ1) is 15.3. The topological polar surface area (TPSA) is 88.2 Å². The van der Waals surface area contributed by atoms with Gasteiger partial charge in [-0.2, -0.15) is 0 Å². The zero-order chi connectivity index (χ0) is 22.7. The van der Waals surface area contributed by atoms with Gasteiger partial charge < -0.3 is 14.6 Å². The normalized spacial score (nSPS) is 16.2. The van der Waals surface area contributed by atoms with Gasteiger partial charge in [0.25, 0.3) is 11.5 Å². The lowest BCUT2D eigenvalue weighted by atomic mass is 9.87. The van der Waals surface area contributed by atoms with E-state index in [4.69, 9.17) is 4.74 Å². The van der Waals surface area contributed by atoms with Gasteiger partial charge in [0, 0.05) is 43.0 Å². The van der Waals surface area contributed by atoms with Gasteiger partial charge in [-0.3, -0.25) is 14.6 Å². The summed E-state index contributed by atoms with van der Waals surface area (Å²) < 4.78 is 5.72. The van der Waals surface area contributed by atoms with E-state index < -0.39 is 0 Å². The highest BCUT2D eigenvalue weighted by Crippen LogP contribution is 2.27. The van der Waals surface area contributed by atoms with Gasteiger partial charge in [0.2, 0.25) is 0 Å². The van der Waals surface area contributed by atoms with Crippen molar-refractivity contribution in [2.75, 3.05) is 19.7 Å². The summed E-state index contributed by atoms with van der Waals surface area (Å²) in [5.41, 5.74) is 2.59. The molecule has 3 heterocycles. The van der Waals surface area contributed by atoms with Crippen molar-refractivity contribution in [1.82, 2.24) is 19.9 Å². The fourth-order valence-electron chi connectivity index (χ4n) is 3.85. The number of nitrogens with zero attached hydrogens (tertiary/aromatic N) is 3. The Kier molecular flexibility index (Phi) is 6.08. The molecule has 0 unspecified atom stereocenters. The van der Waals surface area contributed by atoms with Crippen LogP contribution in [-0.2, 0) is 10.2 Å². The molecule has 7 heteroatoms. The van der Waals surface area contributed by atoms with Crippen LogP contribution in [0.4, 0.5) is 0 Å². The smallest absolute Gasteiger partial charge is 0.260 e. The summed E-state index contributed by atoms with van der Waals surface area (Å²) in [5.74, 6) is 1.15. The highest BCUT2D eigenvalue weighted by Gasteiger charge is 2.29. The Morgan fingerprint density at radius 3 is 2.56 bits per heavy atom. The fraction of sp³-hybridized carbons (Fsp3) is 0.360. The second-order valence-electron chi connectivity index (χ2n) is 9.14. The minimum atomic E-state index is -0.200. The van der Waals surface area contributed by atoms with Crippen molar-refractivity contribution in [3.63, 3.8) is 0 Å². The zero-order valence-corrected chi connectivity index (χ0v) is 18.7. The van der Waals surface area contributed by atoms with Crippen LogP contribution >= 0.6 is 0 Å². The zero-order valence-electron chi connectivity index (χ0n) is 18.7. The lowest BCUT2D eigenvalue weighted by molar-refractivity contribution is -0.132. The highest BCUT2D eigenvalue weighted by molar-refractivity contribution is 5.78. The second kappa shape index (κ2) is 8.94. The molecule has 1 amide bonds. The molecular weight excluding hydrogens is 404 g/mol. The van der Waals surface area contributed by atoms with E-state index in [0.29, 0.717) is 30.4 Å².